The molecule has 0 radical (unpaired) electrons. The summed E-state index contributed by atoms with van der Waals surface area (Å²) in [5.41, 5.74) is 0. The quantitative estimate of drug-likeness (QED) is 0.810. The summed E-state index contributed by atoms with van der Waals surface area (Å²) >= 11 is 0. The molecule has 17 heavy (non-hydrogen) atoms. The SMILES string of the molecule is CCCC1CCCN(CC2CCNCC2)CC1. The summed E-state index contributed by atoms with van der Waals surface area (Å²) in [6.07, 6.45) is 10.0. The summed E-state index contributed by atoms with van der Waals surface area (Å²) in [6.45, 7) is 8.94. The van der Waals surface area contributed by atoms with Crippen molar-refractivity contribution in [3.63, 3.8) is 0 Å². The topological polar surface area (TPSA) is 15.3 Å². The van der Waals surface area contributed by atoms with E-state index in [1.54, 1.807) is 0 Å². The van der Waals surface area contributed by atoms with Gasteiger partial charge in [0.2, 0.25) is 0 Å². The number of piperidine rings is 1. The summed E-state index contributed by atoms with van der Waals surface area (Å²) in [5, 5.41) is 3.47. The number of nitrogens with one attached hydrogen (secondary N) is 1. The second kappa shape index (κ2) is 7.38. The molecule has 0 amide bonds. The average Bonchev–Trinajstić information content (AvgIpc) is 2.57. The molecule has 2 heteroatoms. The van der Waals surface area contributed by atoms with Gasteiger partial charge < -0.3 is 10.2 Å². The molecule has 100 valence electrons. The monoisotopic (exact) mass is 238 g/mol. The Labute approximate surface area is 107 Å². The van der Waals surface area contributed by atoms with Crippen molar-refractivity contribution in [1.29, 1.82) is 0 Å². The molecule has 1 unspecified atom stereocenters. The van der Waals surface area contributed by atoms with Crippen LogP contribution in [-0.4, -0.2) is 37.6 Å². The van der Waals surface area contributed by atoms with Gasteiger partial charge in [-0.1, -0.05) is 19.8 Å². The van der Waals surface area contributed by atoms with Crippen LogP contribution in [0.3, 0.4) is 0 Å². The molecule has 2 saturated heterocycles. The maximum Gasteiger partial charge on any atom is 0.00106 e. The second-order valence-corrected chi connectivity index (χ2v) is 6.08. The van der Waals surface area contributed by atoms with Crippen LogP contribution in [0.4, 0.5) is 0 Å². The Kier molecular flexibility index (Phi) is 5.79. The van der Waals surface area contributed by atoms with Crippen LogP contribution in [0, 0.1) is 11.8 Å². The first-order valence-electron chi connectivity index (χ1n) is 7.81. The molecule has 1 N–H and O–H groups in total. The fraction of sp³-hybridized carbons (Fsp3) is 1.00. The second-order valence-electron chi connectivity index (χ2n) is 6.08. The molecule has 2 fully saturated rings. The number of nitrogens with zero attached hydrogens (tertiary/aromatic N) is 1. The number of rotatable bonds is 4. The number of hydrogen-bond acceptors (Lipinski definition) is 2. The smallest absolute Gasteiger partial charge is 0.00106 e. The largest absolute Gasteiger partial charge is 0.317 e. The maximum absolute atomic E-state index is 3.47. The molecule has 1 atom stereocenters. The Morgan fingerprint density at radius 2 is 1.82 bits per heavy atom. The highest BCUT2D eigenvalue weighted by atomic mass is 15.1. The lowest BCUT2D eigenvalue weighted by Crippen LogP contribution is -2.36. The van der Waals surface area contributed by atoms with Gasteiger partial charge in [0.15, 0.2) is 0 Å². The van der Waals surface area contributed by atoms with Crippen molar-refractivity contribution in [2.45, 2.75) is 51.9 Å². The van der Waals surface area contributed by atoms with Gasteiger partial charge in [-0.3, -0.25) is 0 Å². The molecule has 2 aliphatic rings. The summed E-state index contributed by atoms with van der Waals surface area (Å²) in [6, 6.07) is 0. The summed E-state index contributed by atoms with van der Waals surface area (Å²) in [7, 11) is 0. The van der Waals surface area contributed by atoms with Crippen LogP contribution in [0.5, 0.6) is 0 Å². The van der Waals surface area contributed by atoms with E-state index in [-0.39, 0.29) is 0 Å². The van der Waals surface area contributed by atoms with E-state index in [0.29, 0.717) is 0 Å². The predicted octanol–water partition coefficient (Wildman–Crippen LogP) is 2.89. The number of likely N-dealkylation sites (tertiary alicyclic amines) is 1. The van der Waals surface area contributed by atoms with Crippen molar-refractivity contribution in [3.05, 3.63) is 0 Å². The van der Waals surface area contributed by atoms with Gasteiger partial charge in [-0.15, -0.1) is 0 Å². The summed E-state index contributed by atoms with van der Waals surface area (Å²) in [5.74, 6) is 2.00. The van der Waals surface area contributed by atoms with Crippen LogP contribution >= 0.6 is 0 Å². The predicted molar refractivity (Wildman–Crippen MR) is 74.3 cm³/mol. The highest BCUT2D eigenvalue weighted by Crippen LogP contribution is 2.23. The van der Waals surface area contributed by atoms with Crippen LogP contribution in [0.1, 0.15) is 51.9 Å². The van der Waals surface area contributed by atoms with Crippen LogP contribution in [0.2, 0.25) is 0 Å². The third-order valence-corrected chi connectivity index (χ3v) is 4.61. The van der Waals surface area contributed by atoms with Crippen LogP contribution in [0.15, 0.2) is 0 Å². The highest BCUT2D eigenvalue weighted by molar-refractivity contribution is 4.75. The Bertz CT molecular complexity index is 199. The van der Waals surface area contributed by atoms with Gasteiger partial charge in [0.1, 0.15) is 0 Å². The first-order valence-corrected chi connectivity index (χ1v) is 7.81. The molecule has 0 aromatic carbocycles. The minimum Gasteiger partial charge on any atom is -0.317 e. The van der Waals surface area contributed by atoms with E-state index < -0.39 is 0 Å². The zero-order valence-electron chi connectivity index (χ0n) is 11.6. The molecular weight excluding hydrogens is 208 g/mol. The third kappa shape index (κ3) is 4.59. The van der Waals surface area contributed by atoms with Crippen molar-refractivity contribution >= 4 is 0 Å². The van der Waals surface area contributed by atoms with Crippen molar-refractivity contribution in [1.82, 2.24) is 10.2 Å². The molecule has 2 heterocycles. The van der Waals surface area contributed by atoms with Gasteiger partial charge in [0, 0.05) is 6.54 Å². The molecule has 0 saturated carbocycles. The minimum absolute atomic E-state index is 0.971. The molecule has 0 aliphatic carbocycles. The fourth-order valence-electron chi connectivity index (χ4n) is 3.53. The molecule has 0 aromatic heterocycles. The van der Waals surface area contributed by atoms with Crippen molar-refractivity contribution < 1.29 is 0 Å². The zero-order chi connectivity index (χ0) is 11.9. The van der Waals surface area contributed by atoms with E-state index in [9.17, 15) is 0 Å². The Morgan fingerprint density at radius 3 is 2.59 bits per heavy atom. The van der Waals surface area contributed by atoms with Gasteiger partial charge in [0.25, 0.3) is 0 Å². The van der Waals surface area contributed by atoms with E-state index >= 15 is 0 Å². The normalized spacial score (nSPS) is 29.1. The Morgan fingerprint density at radius 1 is 1.00 bits per heavy atom. The maximum atomic E-state index is 3.47. The Balaban J connectivity index is 1.70. The molecule has 0 bridgehead atoms. The first-order chi connectivity index (χ1) is 8.38. The molecule has 2 nitrogen and oxygen atoms in total. The molecular formula is C15H30N2. The van der Waals surface area contributed by atoms with Gasteiger partial charge in [0.05, 0.1) is 0 Å². The van der Waals surface area contributed by atoms with E-state index in [0.717, 1.165) is 11.8 Å². The summed E-state index contributed by atoms with van der Waals surface area (Å²) in [4.78, 5) is 2.76. The standard InChI is InChI=1S/C15H30N2/c1-2-4-14-5-3-11-17(12-8-14)13-15-6-9-16-10-7-15/h14-16H,2-13H2,1H3. The lowest BCUT2D eigenvalue weighted by atomic mass is 9.96. The van der Waals surface area contributed by atoms with Crippen LogP contribution < -0.4 is 5.32 Å². The zero-order valence-corrected chi connectivity index (χ0v) is 11.6. The van der Waals surface area contributed by atoms with Gasteiger partial charge in [-0.25, -0.2) is 0 Å². The van der Waals surface area contributed by atoms with Crippen LogP contribution in [-0.2, 0) is 0 Å². The minimum atomic E-state index is 0.971. The lowest BCUT2D eigenvalue weighted by molar-refractivity contribution is 0.209. The fourth-order valence-corrected chi connectivity index (χ4v) is 3.53. The van der Waals surface area contributed by atoms with Gasteiger partial charge in [-0.05, 0) is 70.1 Å². The van der Waals surface area contributed by atoms with Gasteiger partial charge in [-0.2, -0.15) is 0 Å². The lowest BCUT2D eigenvalue weighted by Gasteiger charge is -2.29. The average molecular weight is 238 g/mol. The van der Waals surface area contributed by atoms with Crippen molar-refractivity contribution in [2.75, 3.05) is 32.7 Å². The van der Waals surface area contributed by atoms with Crippen LogP contribution in [0.25, 0.3) is 0 Å². The van der Waals surface area contributed by atoms with Crippen molar-refractivity contribution in [2.24, 2.45) is 11.8 Å². The molecule has 2 aliphatic heterocycles. The molecule has 0 spiro atoms. The van der Waals surface area contributed by atoms with E-state index in [1.807, 2.05) is 0 Å². The van der Waals surface area contributed by atoms with E-state index in [2.05, 4.69) is 17.1 Å². The molecule has 0 aromatic rings. The number of hydrogen-bond donors (Lipinski definition) is 1. The van der Waals surface area contributed by atoms with Crippen molar-refractivity contribution in [3.8, 4) is 0 Å². The first kappa shape index (κ1) is 13.4. The molecule has 2 rings (SSSR count). The summed E-state index contributed by atoms with van der Waals surface area (Å²) < 4.78 is 0. The van der Waals surface area contributed by atoms with E-state index in [4.69, 9.17) is 0 Å². The third-order valence-electron chi connectivity index (χ3n) is 4.61. The van der Waals surface area contributed by atoms with E-state index in [1.165, 1.54) is 77.7 Å². The van der Waals surface area contributed by atoms with Gasteiger partial charge >= 0.3 is 0 Å². The highest BCUT2D eigenvalue weighted by Gasteiger charge is 2.20. The Hall–Kier alpha value is -0.0800.